The number of halogens is 1. The topological polar surface area (TPSA) is 34.4 Å². The van der Waals surface area contributed by atoms with Gasteiger partial charge in [0.1, 0.15) is 11.8 Å². The van der Waals surface area contributed by atoms with E-state index in [-0.39, 0.29) is 6.04 Å². The van der Waals surface area contributed by atoms with Crippen LogP contribution in [-0.4, -0.2) is 20.3 Å². The molecule has 0 bridgehead atoms. The summed E-state index contributed by atoms with van der Waals surface area (Å²) in [5, 5.41) is 3.55. The van der Waals surface area contributed by atoms with Gasteiger partial charge >= 0.3 is 0 Å². The van der Waals surface area contributed by atoms with Crippen LogP contribution in [0.25, 0.3) is 0 Å². The number of ether oxygens (including phenoxy) is 1. The lowest BCUT2D eigenvalue weighted by atomic mass is 10.1. The van der Waals surface area contributed by atoms with Crippen LogP contribution >= 0.6 is 22.9 Å². The summed E-state index contributed by atoms with van der Waals surface area (Å²) in [6, 6.07) is 7.98. The van der Waals surface area contributed by atoms with Crippen LogP contribution in [0, 0.1) is 0 Å². The first-order chi connectivity index (χ1) is 9.81. The Morgan fingerprint density at radius 1 is 1.30 bits per heavy atom. The van der Waals surface area contributed by atoms with Gasteiger partial charge in [0, 0.05) is 18.6 Å². The van der Waals surface area contributed by atoms with Gasteiger partial charge in [-0.05, 0) is 50.1 Å². The molecule has 5 heteroatoms. The first kappa shape index (κ1) is 15.6. The summed E-state index contributed by atoms with van der Waals surface area (Å²) in [5.41, 5.74) is 0. The lowest BCUT2D eigenvalue weighted by molar-refractivity contribution is 0.192. The molecule has 0 radical (unpaired) electrons. The fourth-order valence-corrected chi connectivity index (χ4v) is 3.22. The van der Waals surface area contributed by atoms with Gasteiger partial charge in [-0.2, -0.15) is 0 Å². The van der Waals surface area contributed by atoms with Gasteiger partial charge in [-0.3, -0.25) is 0 Å². The predicted molar refractivity (Wildman–Crippen MR) is 83.6 cm³/mol. The van der Waals surface area contributed by atoms with Crippen molar-refractivity contribution in [1.29, 1.82) is 0 Å². The Bertz CT molecular complexity index is 484. The van der Waals surface area contributed by atoms with Crippen molar-refractivity contribution in [2.24, 2.45) is 0 Å². The minimum Gasteiger partial charge on any atom is -0.467 e. The summed E-state index contributed by atoms with van der Waals surface area (Å²) < 4.78 is 11.4. The second kappa shape index (κ2) is 8.47. The maximum atomic E-state index is 6.03. The third-order valence-electron chi connectivity index (χ3n) is 3.08. The number of methoxy groups -OCH3 is 1. The molecule has 0 aliphatic rings. The molecule has 0 saturated heterocycles. The molecule has 0 aliphatic heterocycles. The minimum absolute atomic E-state index is 0.0879. The van der Waals surface area contributed by atoms with Crippen molar-refractivity contribution in [1.82, 2.24) is 5.32 Å². The Kier molecular flexibility index (Phi) is 6.60. The molecule has 1 atom stereocenters. The molecule has 0 aromatic carbocycles. The van der Waals surface area contributed by atoms with Crippen LogP contribution in [0.3, 0.4) is 0 Å². The smallest absolute Gasteiger partial charge is 0.126 e. The van der Waals surface area contributed by atoms with Crippen molar-refractivity contribution in [3.8, 4) is 0 Å². The van der Waals surface area contributed by atoms with Gasteiger partial charge in [0.15, 0.2) is 0 Å². The molecular weight excluding hydrogens is 294 g/mol. The molecule has 20 heavy (non-hydrogen) atoms. The predicted octanol–water partition coefficient (Wildman–Crippen LogP) is 4.49. The fraction of sp³-hybridized carbons (Fsp3) is 0.467. The Morgan fingerprint density at radius 3 is 2.85 bits per heavy atom. The number of furan rings is 1. The molecule has 1 N–H and O–H groups in total. The molecule has 2 rings (SSSR count). The number of nitrogens with one attached hydrogen (secondary N) is 1. The molecule has 2 aromatic heterocycles. The van der Waals surface area contributed by atoms with Gasteiger partial charge in [-0.15, -0.1) is 11.3 Å². The van der Waals surface area contributed by atoms with E-state index in [0.717, 1.165) is 42.5 Å². The summed E-state index contributed by atoms with van der Waals surface area (Å²) >= 11 is 7.62. The molecule has 1 unspecified atom stereocenters. The zero-order chi connectivity index (χ0) is 14.2. The lowest BCUT2D eigenvalue weighted by Crippen LogP contribution is -2.22. The van der Waals surface area contributed by atoms with Gasteiger partial charge < -0.3 is 14.5 Å². The van der Waals surface area contributed by atoms with E-state index >= 15 is 0 Å². The highest BCUT2D eigenvalue weighted by atomic mass is 35.5. The molecule has 2 aromatic rings. The highest BCUT2D eigenvalue weighted by Crippen LogP contribution is 2.31. The van der Waals surface area contributed by atoms with E-state index in [2.05, 4.69) is 11.4 Å². The van der Waals surface area contributed by atoms with Crippen molar-refractivity contribution in [2.75, 3.05) is 20.3 Å². The third kappa shape index (κ3) is 4.63. The SMILES string of the molecule is COCCCCCNC(c1ccco1)c1ccc(Cl)s1. The molecule has 2 heterocycles. The van der Waals surface area contributed by atoms with Gasteiger partial charge in [0.2, 0.25) is 0 Å². The molecular formula is C15H20ClNO2S. The first-order valence-electron chi connectivity index (χ1n) is 6.82. The normalized spacial score (nSPS) is 12.7. The van der Waals surface area contributed by atoms with Gasteiger partial charge in [0.25, 0.3) is 0 Å². The molecule has 0 amide bonds. The van der Waals surface area contributed by atoms with Crippen LogP contribution in [0.1, 0.15) is 35.9 Å². The van der Waals surface area contributed by atoms with E-state index in [0.29, 0.717) is 0 Å². The summed E-state index contributed by atoms with van der Waals surface area (Å²) in [5.74, 6) is 0.931. The van der Waals surface area contributed by atoms with E-state index in [9.17, 15) is 0 Å². The molecule has 3 nitrogen and oxygen atoms in total. The molecule has 0 spiro atoms. The summed E-state index contributed by atoms with van der Waals surface area (Å²) in [6.07, 6.45) is 5.10. The quantitative estimate of drug-likeness (QED) is 0.693. The van der Waals surface area contributed by atoms with E-state index < -0.39 is 0 Å². The maximum Gasteiger partial charge on any atom is 0.126 e. The Morgan fingerprint density at radius 2 is 2.20 bits per heavy atom. The molecule has 0 fully saturated rings. The van der Waals surface area contributed by atoms with Crippen LogP contribution in [-0.2, 0) is 4.74 Å². The van der Waals surface area contributed by atoms with Crippen LogP contribution in [0.2, 0.25) is 4.34 Å². The standard InChI is InChI=1S/C15H20ClNO2S/c1-18-10-4-2-3-9-17-15(12-6-5-11-19-12)13-7-8-14(16)20-13/h5-8,11,15,17H,2-4,9-10H2,1H3. The van der Waals surface area contributed by atoms with Crippen molar-refractivity contribution >= 4 is 22.9 Å². The summed E-state index contributed by atoms with van der Waals surface area (Å²) in [4.78, 5) is 1.18. The molecule has 0 saturated carbocycles. The first-order valence-corrected chi connectivity index (χ1v) is 8.01. The van der Waals surface area contributed by atoms with Gasteiger partial charge in [0.05, 0.1) is 10.6 Å². The van der Waals surface area contributed by atoms with E-state index in [1.807, 2.05) is 18.2 Å². The van der Waals surface area contributed by atoms with Crippen LogP contribution in [0.4, 0.5) is 0 Å². The second-order valence-corrected chi connectivity index (χ2v) is 6.34. The fourth-order valence-electron chi connectivity index (χ4n) is 2.07. The Labute approximate surface area is 128 Å². The monoisotopic (exact) mass is 313 g/mol. The Hall–Kier alpha value is -0.810. The van der Waals surface area contributed by atoms with Gasteiger partial charge in [-0.1, -0.05) is 11.6 Å². The zero-order valence-electron chi connectivity index (χ0n) is 11.6. The van der Waals surface area contributed by atoms with Crippen molar-refractivity contribution in [3.63, 3.8) is 0 Å². The van der Waals surface area contributed by atoms with E-state index in [4.69, 9.17) is 20.8 Å². The Balaban J connectivity index is 1.88. The lowest BCUT2D eigenvalue weighted by Gasteiger charge is -2.15. The van der Waals surface area contributed by atoms with Crippen LogP contribution < -0.4 is 5.32 Å². The van der Waals surface area contributed by atoms with Crippen LogP contribution in [0.15, 0.2) is 34.9 Å². The van der Waals surface area contributed by atoms with Crippen molar-refractivity contribution in [2.45, 2.75) is 25.3 Å². The number of hydrogen-bond donors (Lipinski definition) is 1. The minimum atomic E-state index is 0.0879. The van der Waals surface area contributed by atoms with Crippen molar-refractivity contribution in [3.05, 3.63) is 45.5 Å². The summed E-state index contributed by atoms with van der Waals surface area (Å²) in [6.45, 7) is 1.78. The van der Waals surface area contributed by atoms with Crippen molar-refractivity contribution < 1.29 is 9.15 Å². The van der Waals surface area contributed by atoms with E-state index in [1.54, 1.807) is 24.7 Å². The third-order valence-corrected chi connectivity index (χ3v) is 4.38. The summed E-state index contributed by atoms with van der Waals surface area (Å²) in [7, 11) is 1.74. The van der Waals surface area contributed by atoms with E-state index in [1.165, 1.54) is 4.88 Å². The number of thiophene rings is 1. The number of hydrogen-bond acceptors (Lipinski definition) is 4. The number of unbranched alkanes of at least 4 members (excludes halogenated alkanes) is 2. The van der Waals surface area contributed by atoms with Gasteiger partial charge in [-0.25, -0.2) is 0 Å². The molecule has 110 valence electrons. The highest BCUT2D eigenvalue weighted by molar-refractivity contribution is 7.16. The largest absolute Gasteiger partial charge is 0.467 e. The second-order valence-electron chi connectivity index (χ2n) is 4.60. The average molecular weight is 314 g/mol. The maximum absolute atomic E-state index is 6.03. The zero-order valence-corrected chi connectivity index (χ0v) is 13.2. The molecule has 0 aliphatic carbocycles. The highest BCUT2D eigenvalue weighted by Gasteiger charge is 2.17. The average Bonchev–Trinajstić information content (AvgIpc) is 3.10. The number of rotatable bonds is 9. The van der Waals surface area contributed by atoms with Crippen LogP contribution in [0.5, 0.6) is 0 Å².